The van der Waals surface area contributed by atoms with Crippen molar-refractivity contribution in [2.24, 2.45) is 0 Å². The molecule has 1 aliphatic rings. The lowest BCUT2D eigenvalue weighted by Crippen LogP contribution is -2.33. The van der Waals surface area contributed by atoms with Crippen LogP contribution in [0.4, 0.5) is 0 Å². The van der Waals surface area contributed by atoms with Crippen LogP contribution in [0.1, 0.15) is 56.8 Å². The van der Waals surface area contributed by atoms with Crippen molar-refractivity contribution >= 4 is 23.1 Å². The fourth-order valence-electron chi connectivity index (χ4n) is 3.27. The van der Waals surface area contributed by atoms with E-state index in [1.54, 1.807) is 19.1 Å². The van der Waals surface area contributed by atoms with Crippen molar-refractivity contribution in [3.63, 3.8) is 0 Å². The minimum absolute atomic E-state index is 0.126. The van der Waals surface area contributed by atoms with Crippen LogP contribution in [-0.4, -0.2) is 34.8 Å². The number of piperidine rings is 1. The molecule has 1 atom stereocenters. The van der Waals surface area contributed by atoms with Crippen LogP contribution in [0.3, 0.4) is 0 Å². The van der Waals surface area contributed by atoms with Gasteiger partial charge < -0.3 is 5.11 Å². The number of ketones is 1. The summed E-state index contributed by atoms with van der Waals surface area (Å²) in [5.74, 6) is -0.320. The molecule has 5 heteroatoms. The second-order valence-electron chi connectivity index (χ2n) is 6.38. The molecule has 3 rings (SSSR count). The van der Waals surface area contributed by atoms with Crippen molar-refractivity contribution in [3.05, 3.63) is 57.3 Å². The van der Waals surface area contributed by atoms with Gasteiger partial charge in [0.15, 0.2) is 5.78 Å². The molecule has 0 amide bonds. The van der Waals surface area contributed by atoms with E-state index >= 15 is 0 Å². The first-order valence-corrected chi connectivity index (χ1v) is 9.05. The summed E-state index contributed by atoms with van der Waals surface area (Å²) in [6.45, 7) is 4.51. The van der Waals surface area contributed by atoms with Gasteiger partial charge in [0.2, 0.25) is 0 Å². The van der Waals surface area contributed by atoms with E-state index in [4.69, 9.17) is 5.11 Å². The highest BCUT2D eigenvalue weighted by Gasteiger charge is 2.22. The molecule has 1 fully saturated rings. The predicted molar refractivity (Wildman–Crippen MR) is 95.0 cm³/mol. The fraction of sp³-hybridized carbons (Fsp3) is 0.368. The van der Waals surface area contributed by atoms with E-state index in [0.29, 0.717) is 11.5 Å². The van der Waals surface area contributed by atoms with Crippen LogP contribution in [0.25, 0.3) is 0 Å². The topological polar surface area (TPSA) is 57.6 Å². The van der Waals surface area contributed by atoms with E-state index in [-0.39, 0.29) is 5.78 Å². The molecule has 0 radical (unpaired) electrons. The Labute approximate surface area is 145 Å². The van der Waals surface area contributed by atoms with Crippen LogP contribution in [-0.2, 0) is 6.54 Å². The summed E-state index contributed by atoms with van der Waals surface area (Å²) in [4.78, 5) is 25.6. The van der Waals surface area contributed by atoms with E-state index < -0.39 is 5.97 Å². The van der Waals surface area contributed by atoms with Crippen LogP contribution in [0.5, 0.6) is 0 Å². The van der Waals surface area contributed by atoms with E-state index in [1.807, 2.05) is 18.2 Å². The number of rotatable bonds is 5. The summed E-state index contributed by atoms with van der Waals surface area (Å²) in [5, 5.41) is 11.1. The van der Waals surface area contributed by atoms with Gasteiger partial charge in [-0.25, -0.2) is 4.79 Å². The zero-order valence-corrected chi connectivity index (χ0v) is 14.5. The first-order chi connectivity index (χ1) is 11.5. The third kappa shape index (κ3) is 3.91. The van der Waals surface area contributed by atoms with Crippen LogP contribution in [0.2, 0.25) is 0 Å². The van der Waals surface area contributed by atoms with E-state index in [9.17, 15) is 9.59 Å². The summed E-state index contributed by atoms with van der Waals surface area (Å²) in [6, 6.07) is 9.26. The Morgan fingerprint density at radius 3 is 2.67 bits per heavy atom. The number of carbonyl (C=O) groups excluding carboxylic acids is 1. The molecule has 0 saturated carbocycles. The number of thiophene rings is 1. The lowest BCUT2D eigenvalue weighted by atomic mass is 9.90. The highest BCUT2D eigenvalue weighted by atomic mass is 32.1. The zero-order valence-electron chi connectivity index (χ0n) is 13.7. The minimum Gasteiger partial charge on any atom is -0.478 e. The van der Waals surface area contributed by atoms with Crippen molar-refractivity contribution in [1.82, 2.24) is 4.90 Å². The number of aromatic carboxylic acids is 1. The molecule has 1 aromatic heterocycles. The molecule has 1 saturated heterocycles. The number of nitrogens with zero attached hydrogens (tertiary/aromatic N) is 1. The lowest BCUT2D eigenvalue weighted by molar-refractivity contribution is 0.0696. The standard InChI is InChI=1S/C19H21NO3S/c1-13(21)18-9-14(12-24-18)10-20-8-2-3-17(11-20)15-4-6-16(7-5-15)19(22)23/h4-7,9,12,17H,2-3,8,10-11H2,1H3,(H,22,23). The maximum absolute atomic E-state index is 11.4. The summed E-state index contributed by atoms with van der Waals surface area (Å²) >= 11 is 1.52. The highest BCUT2D eigenvalue weighted by molar-refractivity contribution is 7.12. The summed E-state index contributed by atoms with van der Waals surface area (Å²) in [7, 11) is 0. The number of carbonyl (C=O) groups is 2. The number of likely N-dealkylation sites (tertiary alicyclic amines) is 1. The van der Waals surface area contributed by atoms with Crippen molar-refractivity contribution in [3.8, 4) is 0 Å². The van der Waals surface area contributed by atoms with Crippen LogP contribution >= 0.6 is 11.3 Å². The van der Waals surface area contributed by atoms with Gasteiger partial charge in [0.25, 0.3) is 0 Å². The number of hydrogen-bond donors (Lipinski definition) is 1. The number of hydrogen-bond acceptors (Lipinski definition) is 4. The Bertz CT molecular complexity index is 735. The molecule has 126 valence electrons. The molecule has 1 aromatic carbocycles. The van der Waals surface area contributed by atoms with Crippen molar-refractivity contribution in [2.45, 2.75) is 32.2 Å². The van der Waals surface area contributed by atoms with Gasteiger partial charge in [0.1, 0.15) is 0 Å². The molecule has 4 nitrogen and oxygen atoms in total. The molecular weight excluding hydrogens is 322 g/mol. The minimum atomic E-state index is -0.884. The van der Waals surface area contributed by atoms with E-state index in [2.05, 4.69) is 10.3 Å². The second-order valence-corrected chi connectivity index (χ2v) is 7.29. The molecule has 0 spiro atoms. The Hall–Kier alpha value is -1.98. The van der Waals surface area contributed by atoms with Gasteiger partial charge in [-0.15, -0.1) is 11.3 Å². The lowest BCUT2D eigenvalue weighted by Gasteiger charge is -2.32. The van der Waals surface area contributed by atoms with E-state index in [1.165, 1.54) is 22.5 Å². The van der Waals surface area contributed by atoms with Gasteiger partial charge in [0, 0.05) is 13.1 Å². The maximum atomic E-state index is 11.4. The third-order valence-corrected chi connectivity index (χ3v) is 5.62. The van der Waals surface area contributed by atoms with E-state index in [0.717, 1.165) is 37.4 Å². The number of carboxylic acids is 1. The van der Waals surface area contributed by atoms with Gasteiger partial charge in [-0.2, -0.15) is 0 Å². The van der Waals surface area contributed by atoms with Gasteiger partial charge in [-0.05, 0) is 66.9 Å². The van der Waals surface area contributed by atoms with Gasteiger partial charge >= 0.3 is 5.97 Å². The predicted octanol–water partition coefficient (Wildman–Crippen LogP) is 4.03. The van der Waals surface area contributed by atoms with Gasteiger partial charge in [-0.1, -0.05) is 12.1 Å². The van der Waals surface area contributed by atoms with Crippen LogP contribution in [0, 0.1) is 0 Å². The zero-order chi connectivity index (χ0) is 17.1. The Balaban J connectivity index is 1.65. The average molecular weight is 343 g/mol. The summed E-state index contributed by atoms with van der Waals surface area (Å²) in [6.07, 6.45) is 2.26. The van der Waals surface area contributed by atoms with Crippen LogP contribution < -0.4 is 0 Å². The second kappa shape index (κ2) is 7.28. The Morgan fingerprint density at radius 2 is 2.04 bits per heavy atom. The molecule has 1 aliphatic heterocycles. The smallest absolute Gasteiger partial charge is 0.335 e. The van der Waals surface area contributed by atoms with Crippen molar-refractivity contribution in [2.75, 3.05) is 13.1 Å². The highest BCUT2D eigenvalue weighted by Crippen LogP contribution is 2.28. The number of carboxylic acid groups (broad SMARTS) is 1. The Kier molecular flexibility index (Phi) is 5.11. The molecule has 24 heavy (non-hydrogen) atoms. The first kappa shape index (κ1) is 16.9. The summed E-state index contributed by atoms with van der Waals surface area (Å²) < 4.78 is 0. The molecule has 2 aromatic rings. The number of Topliss-reactive ketones (excluding diaryl/α,β-unsaturated/α-hetero) is 1. The van der Waals surface area contributed by atoms with Crippen molar-refractivity contribution in [1.29, 1.82) is 0 Å². The third-order valence-electron chi connectivity index (χ3n) is 4.54. The SMILES string of the molecule is CC(=O)c1cc(CN2CCCC(c3ccc(C(=O)O)cc3)C2)cs1. The maximum Gasteiger partial charge on any atom is 0.335 e. The number of benzene rings is 1. The van der Waals surface area contributed by atoms with Crippen molar-refractivity contribution < 1.29 is 14.7 Å². The largest absolute Gasteiger partial charge is 0.478 e. The Morgan fingerprint density at radius 1 is 1.29 bits per heavy atom. The molecular formula is C19H21NO3S. The molecule has 0 aliphatic carbocycles. The average Bonchev–Trinajstić information content (AvgIpc) is 3.04. The quantitative estimate of drug-likeness (QED) is 0.833. The first-order valence-electron chi connectivity index (χ1n) is 8.17. The van der Waals surface area contributed by atoms with Gasteiger partial charge in [-0.3, -0.25) is 9.69 Å². The molecule has 1 N–H and O–H groups in total. The fourth-order valence-corrected chi connectivity index (χ4v) is 4.08. The summed E-state index contributed by atoms with van der Waals surface area (Å²) in [5.41, 5.74) is 2.74. The normalized spacial score (nSPS) is 18.5. The van der Waals surface area contributed by atoms with Crippen LogP contribution in [0.15, 0.2) is 35.7 Å². The molecule has 0 bridgehead atoms. The monoisotopic (exact) mass is 343 g/mol. The molecule has 1 unspecified atom stereocenters. The van der Waals surface area contributed by atoms with Gasteiger partial charge in [0.05, 0.1) is 10.4 Å². The molecule has 2 heterocycles.